The fraction of sp³-hybridized carbons (Fsp3) is 0.333. The fourth-order valence-electron chi connectivity index (χ4n) is 2.64. The molecule has 1 aromatic heterocycles. The lowest BCUT2D eigenvalue weighted by Gasteiger charge is -2.27. The molecule has 1 aliphatic rings. The lowest BCUT2D eigenvalue weighted by Crippen LogP contribution is -2.49. The van der Waals surface area contributed by atoms with Gasteiger partial charge in [0.25, 0.3) is 0 Å². The van der Waals surface area contributed by atoms with E-state index in [2.05, 4.69) is 5.32 Å². The summed E-state index contributed by atoms with van der Waals surface area (Å²) in [7, 11) is 0. The van der Waals surface area contributed by atoms with Crippen LogP contribution in [-0.4, -0.2) is 23.1 Å². The molecule has 21 heavy (non-hydrogen) atoms. The van der Waals surface area contributed by atoms with E-state index < -0.39 is 11.8 Å². The van der Waals surface area contributed by atoms with Crippen LogP contribution in [0.3, 0.4) is 0 Å². The molecular weight excluding hydrogens is 273 g/mol. The van der Waals surface area contributed by atoms with Crippen molar-refractivity contribution in [2.75, 3.05) is 11.4 Å². The molecule has 1 N–H and O–H groups in total. The molecule has 0 unspecified atom stereocenters. The number of hydrogen-bond donors (Lipinski definition) is 1. The monoisotopic (exact) mass is 289 g/mol. The number of anilines is 1. The van der Waals surface area contributed by atoms with E-state index in [-0.39, 0.29) is 30.6 Å². The predicted octanol–water partition coefficient (Wildman–Crippen LogP) is 2.81. The maximum Gasteiger partial charge on any atom is 0.328 e. The van der Waals surface area contributed by atoms with Gasteiger partial charge in [-0.3, -0.25) is 15.0 Å². The number of benzene rings is 1. The molecule has 110 valence electrons. The molecule has 1 aliphatic heterocycles. The molecule has 0 spiro atoms. The van der Waals surface area contributed by atoms with Crippen molar-refractivity contribution in [2.45, 2.75) is 26.3 Å². The normalized spacial score (nSPS) is 15.9. The molecule has 1 saturated heterocycles. The molecule has 1 fully saturated rings. The largest absolute Gasteiger partial charge is 0.345 e. The van der Waals surface area contributed by atoms with Crippen molar-refractivity contribution in [1.29, 1.82) is 0 Å². The van der Waals surface area contributed by atoms with Gasteiger partial charge in [-0.1, -0.05) is 0 Å². The molecule has 0 atom stereocenters. The van der Waals surface area contributed by atoms with Gasteiger partial charge in [-0.2, -0.15) is 0 Å². The van der Waals surface area contributed by atoms with E-state index in [1.54, 1.807) is 18.2 Å². The summed E-state index contributed by atoms with van der Waals surface area (Å²) in [5, 5.41) is 2.68. The number of hydrogen-bond acceptors (Lipinski definition) is 2. The Bertz CT molecular complexity index is 736. The maximum atomic E-state index is 14.7. The highest BCUT2D eigenvalue weighted by atomic mass is 19.1. The van der Waals surface area contributed by atoms with Crippen LogP contribution < -0.4 is 10.2 Å². The standard InChI is InChI=1S/C15H16FN3O2/c1-9(2)18-7-5-10-11(18)3-4-12(14(10)16)19-8-6-13(20)17-15(19)21/h3-5,7,9H,6,8H2,1-2H3,(H,17,20,21). The van der Waals surface area contributed by atoms with Gasteiger partial charge >= 0.3 is 6.03 Å². The second-order valence-electron chi connectivity index (χ2n) is 5.40. The molecule has 3 amide bonds. The van der Waals surface area contributed by atoms with E-state index in [0.29, 0.717) is 5.39 Å². The number of halogens is 1. The van der Waals surface area contributed by atoms with Crippen LogP contribution in [0, 0.1) is 5.82 Å². The molecule has 0 aliphatic carbocycles. The number of nitrogens with one attached hydrogen (secondary N) is 1. The van der Waals surface area contributed by atoms with Gasteiger partial charge in [0, 0.05) is 30.6 Å². The SMILES string of the molecule is CC(C)n1ccc2c(F)c(N3CCC(=O)NC3=O)ccc21. The Kier molecular flexibility index (Phi) is 3.16. The number of rotatable bonds is 2. The summed E-state index contributed by atoms with van der Waals surface area (Å²) in [5.41, 5.74) is 0.994. The average Bonchev–Trinajstić information content (AvgIpc) is 2.85. The second-order valence-corrected chi connectivity index (χ2v) is 5.40. The number of urea groups is 1. The van der Waals surface area contributed by atoms with Crippen LogP contribution in [0.25, 0.3) is 10.9 Å². The van der Waals surface area contributed by atoms with E-state index in [9.17, 15) is 14.0 Å². The first-order chi connectivity index (χ1) is 9.99. The minimum Gasteiger partial charge on any atom is -0.345 e. The third-order valence-electron chi connectivity index (χ3n) is 3.72. The Balaban J connectivity index is 2.07. The first-order valence-electron chi connectivity index (χ1n) is 6.89. The highest BCUT2D eigenvalue weighted by molar-refractivity contribution is 6.06. The third kappa shape index (κ3) is 2.16. The van der Waals surface area contributed by atoms with Crippen LogP contribution in [0.4, 0.5) is 14.9 Å². The maximum absolute atomic E-state index is 14.7. The first-order valence-corrected chi connectivity index (χ1v) is 6.89. The lowest BCUT2D eigenvalue weighted by atomic mass is 10.2. The summed E-state index contributed by atoms with van der Waals surface area (Å²) < 4.78 is 16.7. The van der Waals surface area contributed by atoms with Gasteiger partial charge in [-0.15, -0.1) is 0 Å². The van der Waals surface area contributed by atoms with Crippen LogP contribution in [0.2, 0.25) is 0 Å². The Morgan fingerprint density at radius 3 is 2.67 bits per heavy atom. The van der Waals surface area contributed by atoms with Gasteiger partial charge in [0.15, 0.2) is 5.82 Å². The molecule has 3 rings (SSSR count). The Labute approximate surface area is 121 Å². The summed E-state index contributed by atoms with van der Waals surface area (Å²) in [6.45, 7) is 4.24. The summed E-state index contributed by atoms with van der Waals surface area (Å²) in [5.74, 6) is -0.764. The van der Waals surface area contributed by atoms with E-state index in [1.165, 1.54) is 4.90 Å². The van der Waals surface area contributed by atoms with E-state index in [1.807, 2.05) is 24.6 Å². The van der Waals surface area contributed by atoms with Crippen molar-refractivity contribution in [3.63, 3.8) is 0 Å². The molecule has 1 aromatic carbocycles. The lowest BCUT2D eigenvalue weighted by molar-refractivity contribution is -0.120. The molecule has 6 heteroatoms. The van der Waals surface area contributed by atoms with Gasteiger partial charge in [0.2, 0.25) is 5.91 Å². The van der Waals surface area contributed by atoms with Gasteiger partial charge in [0.05, 0.1) is 11.2 Å². The average molecular weight is 289 g/mol. The van der Waals surface area contributed by atoms with Gasteiger partial charge in [0.1, 0.15) is 0 Å². The highest BCUT2D eigenvalue weighted by Gasteiger charge is 2.27. The minimum absolute atomic E-state index is 0.177. The third-order valence-corrected chi connectivity index (χ3v) is 3.72. The summed E-state index contributed by atoms with van der Waals surface area (Å²) in [6.07, 6.45) is 2.01. The number of amides is 3. The number of nitrogens with zero attached hydrogens (tertiary/aromatic N) is 2. The number of carbonyl (C=O) groups is 2. The molecule has 2 heterocycles. The van der Waals surface area contributed by atoms with Crippen molar-refractivity contribution < 1.29 is 14.0 Å². The molecule has 5 nitrogen and oxygen atoms in total. The molecule has 0 saturated carbocycles. The van der Waals surface area contributed by atoms with Crippen molar-refractivity contribution in [3.05, 3.63) is 30.2 Å². The number of aromatic nitrogens is 1. The van der Waals surface area contributed by atoms with Crippen molar-refractivity contribution >= 4 is 28.5 Å². The van der Waals surface area contributed by atoms with Crippen molar-refractivity contribution in [1.82, 2.24) is 9.88 Å². The van der Waals surface area contributed by atoms with Gasteiger partial charge in [-0.25, -0.2) is 9.18 Å². The predicted molar refractivity (Wildman–Crippen MR) is 77.8 cm³/mol. The van der Waals surface area contributed by atoms with Crippen LogP contribution in [0.1, 0.15) is 26.3 Å². The number of carbonyl (C=O) groups excluding carboxylic acids is 2. The van der Waals surface area contributed by atoms with Crippen LogP contribution >= 0.6 is 0 Å². The summed E-state index contributed by atoms with van der Waals surface area (Å²) >= 11 is 0. The van der Waals surface area contributed by atoms with Crippen molar-refractivity contribution in [2.24, 2.45) is 0 Å². The quantitative estimate of drug-likeness (QED) is 0.924. The van der Waals surface area contributed by atoms with Crippen molar-refractivity contribution in [3.8, 4) is 0 Å². The van der Waals surface area contributed by atoms with Crippen LogP contribution in [0.5, 0.6) is 0 Å². The molecule has 2 aromatic rings. The van der Waals surface area contributed by atoms with Crippen LogP contribution in [-0.2, 0) is 4.79 Å². The minimum atomic E-state index is -0.576. The Hall–Kier alpha value is -2.37. The fourth-order valence-corrected chi connectivity index (χ4v) is 2.64. The zero-order valence-corrected chi connectivity index (χ0v) is 11.9. The van der Waals surface area contributed by atoms with Gasteiger partial charge in [-0.05, 0) is 32.0 Å². The number of fused-ring (bicyclic) bond motifs is 1. The second kappa shape index (κ2) is 4.87. The molecule has 0 bridgehead atoms. The number of imide groups is 1. The topological polar surface area (TPSA) is 54.3 Å². The van der Waals surface area contributed by atoms with Crippen LogP contribution in [0.15, 0.2) is 24.4 Å². The van der Waals surface area contributed by atoms with E-state index >= 15 is 0 Å². The summed E-state index contributed by atoms with van der Waals surface area (Å²) in [4.78, 5) is 24.3. The Morgan fingerprint density at radius 1 is 1.24 bits per heavy atom. The van der Waals surface area contributed by atoms with Gasteiger partial charge < -0.3 is 4.57 Å². The molecular formula is C15H16FN3O2. The Morgan fingerprint density at radius 2 is 2.00 bits per heavy atom. The zero-order chi connectivity index (χ0) is 15.1. The summed E-state index contributed by atoms with van der Waals surface area (Å²) in [6, 6.07) is 4.75. The molecule has 0 radical (unpaired) electrons. The van der Waals surface area contributed by atoms with E-state index in [4.69, 9.17) is 0 Å². The smallest absolute Gasteiger partial charge is 0.328 e. The zero-order valence-electron chi connectivity index (χ0n) is 11.9. The first kappa shape index (κ1) is 13.6. The van der Waals surface area contributed by atoms with E-state index in [0.717, 1.165) is 5.52 Å². The highest BCUT2D eigenvalue weighted by Crippen LogP contribution is 2.30.